The normalized spacial score (nSPS) is 35.8. The number of carbonyl (C=O) groups excluding carboxylic acids is 2. The Bertz CT molecular complexity index is 493. The summed E-state index contributed by atoms with van der Waals surface area (Å²) in [6.45, 7) is 10.1. The van der Waals surface area contributed by atoms with Gasteiger partial charge in [0.25, 0.3) is 0 Å². The summed E-state index contributed by atoms with van der Waals surface area (Å²) >= 11 is 3.76. The average molecular weight is 415 g/mol. The van der Waals surface area contributed by atoms with Crippen LogP contribution in [0.4, 0.5) is 0 Å². The monoisotopic (exact) mass is 414 g/mol. The van der Waals surface area contributed by atoms with E-state index in [1.165, 1.54) is 0 Å². The van der Waals surface area contributed by atoms with Crippen molar-refractivity contribution < 1.29 is 14.3 Å². The second-order valence-corrected chi connectivity index (χ2v) is 10.4. The van der Waals surface area contributed by atoms with E-state index < -0.39 is 0 Å². The van der Waals surface area contributed by atoms with Gasteiger partial charge in [-0.3, -0.25) is 9.59 Å². The van der Waals surface area contributed by atoms with Gasteiger partial charge in [-0.25, -0.2) is 0 Å². The molecule has 1 saturated carbocycles. The summed E-state index contributed by atoms with van der Waals surface area (Å²) in [5, 5.41) is 0. The van der Waals surface area contributed by atoms with Gasteiger partial charge in [-0.2, -0.15) is 0 Å². The van der Waals surface area contributed by atoms with Crippen LogP contribution in [0.1, 0.15) is 40.0 Å². The third-order valence-electron chi connectivity index (χ3n) is 6.27. The zero-order chi connectivity index (χ0) is 18.2. The molecule has 0 spiro atoms. The van der Waals surface area contributed by atoms with Crippen molar-refractivity contribution in [2.45, 2.75) is 51.0 Å². The topological polar surface area (TPSA) is 49.9 Å². The predicted octanol–water partition coefficient (Wildman–Crippen LogP) is 2.53. The Morgan fingerprint density at radius 2 is 1.80 bits per heavy atom. The van der Waals surface area contributed by atoms with Gasteiger partial charge in [0.05, 0.1) is 6.10 Å². The number of hydrogen-bond acceptors (Lipinski definition) is 3. The molecule has 5 nitrogen and oxygen atoms in total. The smallest absolute Gasteiger partial charge is 0.248 e. The SMILES string of the molecule is CC(C)(C)C1CC(Br)CCC1OCC(=O)N1CC2CN(C=O)CC2C1. The number of nitrogens with zero attached hydrogens (tertiary/aromatic N) is 2. The van der Waals surface area contributed by atoms with Crippen LogP contribution in [0.25, 0.3) is 0 Å². The number of amides is 2. The molecule has 0 N–H and O–H groups in total. The quantitative estimate of drug-likeness (QED) is 0.524. The van der Waals surface area contributed by atoms with Crippen LogP contribution in [-0.4, -0.2) is 65.8 Å². The lowest BCUT2D eigenvalue weighted by Gasteiger charge is -2.42. The lowest BCUT2D eigenvalue weighted by atomic mass is 9.70. The molecule has 2 amide bonds. The molecule has 0 aromatic heterocycles. The molecule has 3 aliphatic rings. The van der Waals surface area contributed by atoms with Crippen molar-refractivity contribution in [3.63, 3.8) is 0 Å². The molecule has 5 unspecified atom stereocenters. The van der Waals surface area contributed by atoms with Crippen LogP contribution in [0.5, 0.6) is 0 Å². The summed E-state index contributed by atoms with van der Waals surface area (Å²) in [4.78, 5) is 27.8. The van der Waals surface area contributed by atoms with Gasteiger partial charge in [-0.1, -0.05) is 36.7 Å². The molecular formula is C19H31BrN2O3. The molecule has 1 aliphatic carbocycles. The maximum absolute atomic E-state index is 12.6. The fourth-order valence-corrected chi connectivity index (χ4v) is 5.46. The van der Waals surface area contributed by atoms with Crippen molar-refractivity contribution in [2.24, 2.45) is 23.2 Å². The Balaban J connectivity index is 1.50. The van der Waals surface area contributed by atoms with E-state index in [1.54, 1.807) is 0 Å². The summed E-state index contributed by atoms with van der Waals surface area (Å²) in [6, 6.07) is 0. The van der Waals surface area contributed by atoms with Crippen LogP contribution in [-0.2, 0) is 14.3 Å². The van der Waals surface area contributed by atoms with Crippen LogP contribution in [0.3, 0.4) is 0 Å². The molecule has 0 aromatic carbocycles. The minimum Gasteiger partial charge on any atom is -0.368 e. The van der Waals surface area contributed by atoms with E-state index in [4.69, 9.17) is 4.74 Å². The fraction of sp³-hybridized carbons (Fsp3) is 0.895. The van der Waals surface area contributed by atoms with Crippen LogP contribution in [0, 0.1) is 23.2 Å². The van der Waals surface area contributed by atoms with Crippen molar-refractivity contribution >= 4 is 28.2 Å². The average Bonchev–Trinajstić information content (AvgIpc) is 3.10. The molecule has 0 radical (unpaired) electrons. The lowest BCUT2D eigenvalue weighted by Crippen LogP contribution is -2.42. The van der Waals surface area contributed by atoms with Gasteiger partial charge in [-0.05, 0) is 30.6 Å². The highest BCUT2D eigenvalue weighted by molar-refractivity contribution is 9.09. The van der Waals surface area contributed by atoms with Gasteiger partial charge >= 0.3 is 0 Å². The fourth-order valence-electron chi connectivity index (χ4n) is 4.79. The van der Waals surface area contributed by atoms with E-state index in [9.17, 15) is 9.59 Å². The van der Waals surface area contributed by atoms with E-state index in [-0.39, 0.29) is 24.0 Å². The second kappa shape index (κ2) is 7.55. The summed E-state index contributed by atoms with van der Waals surface area (Å²) in [5.41, 5.74) is 0.184. The van der Waals surface area contributed by atoms with Crippen molar-refractivity contribution in [3.8, 4) is 0 Å². The van der Waals surface area contributed by atoms with Crippen LogP contribution >= 0.6 is 15.9 Å². The second-order valence-electron chi connectivity index (χ2n) is 9.11. The number of fused-ring (bicyclic) bond motifs is 1. The van der Waals surface area contributed by atoms with E-state index in [0.717, 1.165) is 51.9 Å². The lowest BCUT2D eigenvalue weighted by molar-refractivity contribution is -0.141. The standard InChI is InChI=1S/C19H31BrN2O3/c1-19(2,3)16-6-15(20)4-5-17(16)25-11-18(24)22-9-13-7-21(12-23)8-14(13)10-22/h12-17H,4-11H2,1-3H3. The highest BCUT2D eigenvalue weighted by atomic mass is 79.9. The van der Waals surface area contributed by atoms with Crippen LogP contribution in [0.15, 0.2) is 0 Å². The van der Waals surface area contributed by atoms with Gasteiger partial charge in [0.15, 0.2) is 0 Å². The van der Waals surface area contributed by atoms with Gasteiger partial charge < -0.3 is 14.5 Å². The molecule has 25 heavy (non-hydrogen) atoms. The van der Waals surface area contributed by atoms with Crippen LogP contribution < -0.4 is 0 Å². The Kier molecular flexibility index (Phi) is 5.78. The first kappa shape index (κ1) is 19.2. The van der Waals surface area contributed by atoms with Crippen molar-refractivity contribution in [2.75, 3.05) is 32.8 Å². The third kappa shape index (κ3) is 4.38. The summed E-state index contributed by atoms with van der Waals surface area (Å²) in [6.07, 6.45) is 4.34. The molecule has 2 heterocycles. The minimum atomic E-state index is 0.112. The molecule has 5 atom stereocenters. The molecule has 142 valence electrons. The van der Waals surface area contributed by atoms with Gasteiger partial charge in [0.1, 0.15) is 6.61 Å². The first-order valence-corrected chi connectivity index (χ1v) is 10.4. The summed E-state index contributed by atoms with van der Waals surface area (Å²) in [5.74, 6) is 1.47. The number of ether oxygens (including phenoxy) is 1. The Morgan fingerprint density at radius 1 is 1.16 bits per heavy atom. The molecule has 0 aromatic rings. The molecule has 6 heteroatoms. The van der Waals surface area contributed by atoms with E-state index in [2.05, 4.69) is 36.7 Å². The molecule has 3 rings (SSSR count). The zero-order valence-electron chi connectivity index (χ0n) is 15.6. The highest BCUT2D eigenvalue weighted by Crippen LogP contribution is 2.41. The number of alkyl halides is 1. The number of carbonyl (C=O) groups is 2. The predicted molar refractivity (Wildman–Crippen MR) is 100 cm³/mol. The van der Waals surface area contributed by atoms with E-state index in [1.807, 2.05) is 9.80 Å². The van der Waals surface area contributed by atoms with E-state index in [0.29, 0.717) is 22.6 Å². The van der Waals surface area contributed by atoms with E-state index >= 15 is 0 Å². The first-order valence-electron chi connectivity index (χ1n) is 9.50. The van der Waals surface area contributed by atoms with Gasteiger partial charge in [-0.15, -0.1) is 0 Å². The van der Waals surface area contributed by atoms with Gasteiger partial charge in [0, 0.05) is 42.8 Å². The maximum Gasteiger partial charge on any atom is 0.248 e. The Morgan fingerprint density at radius 3 is 2.36 bits per heavy atom. The van der Waals surface area contributed by atoms with Crippen LogP contribution in [0.2, 0.25) is 0 Å². The molecule has 2 saturated heterocycles. The largest absolute Gasteiger partial charge is 0.368 e. The zero-order valence-corrected chi connectivity index (χ0v) is 17.2. The Labute approximate surface area is 159 Å². The number of halogens is 1. The number of likely N-dealkylation sites (tertiary alicyclic amines) is 2. The van der Waals surface area contributed by atoms with Crippen molar-refractivity contribution in [3.05, 3.63) is 0 Å². The Hall–Kier alpha value is -0.620. The van der Waals surface area contributed by atoms with Crippen molar-refractivity contribution in [1.82, 2.24) is 9.80 Å². The molecular weight excluding hydrogens is 384 g/mol. The first-order chi connectivity index (χ1) is 11.8. The van der Waals surface area contributed by atoms with Crippen molar-refractivity contribution in [1.29, 1.82) is 0 Å². The maximum atomic E-state index is 12.6. The summed E-state index contributed by atoms with van der Waals surface area (Å²) in [7, 11) is 0. The number of hydrogen-bond donors (Lipinski definition) is 0. The molecule has 2 aliphatic heterocycles. The number of rotatable bonds is 4. The third-order valence-corrected chi connectivity index (χ3v) is 7.10. The van der Waals surface area contributed by atoms with Gasteiger partial charge in [0.2, 0.25) is 12.3 Å². The summed E-state index contributed by atoms with van der Waals surface area (Å²) < 4.78 is 6.13. The minimum absolute atomic E-state index is 0.112. The molecule has 0 bridgehead atoms. The molecule has 3 fully saturated rings. The highest BCUT2D eigenvalue weighted by Gasteiger charge is 2.42.